The van der Waals surface area contributed by atoms with Gasteiger partial charge < -0.3 is 14.5 Å². The maximum atomic E-state index is 11.8. The molecule has 92 valence electrons. The third-order valence-corrected chi connectivity index (χ3v) is 1.80. The molecular weight excluding hydrogens is 223 g/mol. The van der Waals surface area contributed by atoms with E-state index in [4.69, 9.17) is 4.42 Å². The summed E-state index contributed by atoms with van der Waals surface area (Å²) in [7, 11) is 0. The van der Waals surface area contributed by atoms with Crippen LogP contribution in [0.2, 0.25) is 0 Å². The molecule has 0 atom stereocenters. The van der Waals surface area contributed by atoms with Gasteiger partial charge in [-0.15, -0.1) is 0 Å². The molecule has 16 heavy (non-hydrogen) atoms. The fourth-order valence-corrected chi connectivity index (χ4v) is 1.13. The molecule has 6 heteroatoms. The van der Waals surface area contributed by atoms with Crippen LogP contribution >= 0.6 is 0 Å². The molecule has 0 aliphatic heterocycles. The molecule has 1 aromatic heterocycles. The molecule has 1 aromatic rings. The zero-order valence-electron chi connectivity index (χ0n) is 8.93. The predicted molar refractivity (Wildman–Crippen MR) is 51.8 cm³/mol. The lowest BCUT2D eigenvalue weighted by Crippen LogP contribution is -2.16. The molecule has 0 bridgehead atoms. The van der Waals surface area contributed by atoms with E-state index in [-0.39, 0.29) is 6.61 Å². The first-order chi connectivity index (χ1) is 7.51. The van der Waals surface area contributed by atoms with Gasteiger partial charge in [-0.05, 0) is 12.6 Å². The van der Waals surface area contributed by atoms with E-state index < -0.39 is 12.8 Å². The fraction of sp³-hybridized carbons (Fsp3) is 0.600. The number of hydrogen-bond acceptors (Lipinski definition) is 3. The number of hydrogen-bond donors (Lipinski definition) is 1. The zero-order chi connectivity index (χ0) is 12.0. The Kier molecular flexibility index (Phi) is 4.82. The highest BCUT2D eigenvalue weighted by atomic mass is 19.4. The average molecular weight is 237 g/mol. The largest absolute Gasteiger partial charge is 0.467 e. The first-order valence-corrected chi connectivity index (χ1v) is 4.93. The van der Waals surface area contributed by atoms with Crippen molar-refractivity contribution in [2.45, 2.75) is 26.3 Å². The van der Waals surface area contributed by atoms with Crippen LogP contribution in [-0.2, 0) is 17.9 Å². The van der Waals surface area contributed by atoms with Gasteiger partial charge in [0.1, 0.15) is 19.0 Å². The summed E-state index contributed by atoms with van der Waals surface area (Å²) in [6.45, 7) is 2.01. The maximum absolute atomic E-state index is 11.8. The van der Waals surface area contributed by atoms with Crippen LogP contribution in [0.5, 0.6) is 0 Å². The van der Waals surface area contributed by atoms with Gasteiger partial charge in [-0.1, -0.05) is 6.92 Å². The third kappa shape index (κ3) is 5.18. The van der Waals surface area contributed by atoms with E-state index in [0.717, 1.165) is 12.1 Å². The van der Waals surface area contributed by atoms with Crippen LogP contribution < -0.4 is 5.32 Å². The summed E-state index contributed by atoms with van der Waals surface area (Å²) in [6, 6.07) is 1.68. The molecule has 0 saturated carbocycles. The number of nitrogens with one attached hydrogen (secondary N) is 1. The summed E-state index contributed by atoms with van der Waals surface area (Å²) in [5.74, 6) is 0.400. The van der Waals surface area contributed by atoms with E-state index in [0.29, 0.717) is 12.3 Å². The summed E-state index contributed by atoms with van der Waals surface area (Å²) in [5.41, 5.74) is 0.896. The third-order valence-electron chi connectivity index (χ3n) is 1.80. The number of alkyl halides is 3. The van der Waals surface area contributed by atoms with Gasteiger partial charge in [0.15, 0.2) is 0 Å². The van der Waals surface area contributed by atoms with Crippen LogP contribution in [-0.4, -0.2) is 19.3 Å². The molecule has 0 fully saturated rings. The van der Waals surface area contributed by atoms with Crippen molar-refractivity contribution in [2.24, 2.45) is 0 Å². The van der Waals surface area contributed by atoms with E-state index in [1.807, 2.05) is 6.92 Å². The Morgan fingerprint density at radius 1 is 1.44 bits per heavy atom. The number of ether oxygens (including phenoxy) is 1. The van der Waals surface area contributed by atoms with Crippen molar-refractivity contribution in [3.05, 3.63) is 23.7 Å². The topological polar surface area (TPSA) is 34.4 Å². The van der Waals surface area contributed by atoms with Gasteiger partial charge in [-0.2, -0.15) is 13.2 Å². The quantitative estimate of drug-likeness (QED) is 0.825. The smallest absolute Gasteiger partial charge is 0.411 e. The SMILES string of the molecule is CCNCc1coc(COCC(F)(F)F)c1. The molecule has 0 amide bonds. The highest BCUT2D eigenvalue weighted by molar-refractivity contribution is 5.11. The molecular formula is C10H14F3NO2. The second kappa shape index (κ2) is 5.91. The van der Waals surface area contributed by atoms with Gasteiger partial charge in [0.25, 0.3) is 0 Å². The minimum atomic E-state index is -4.29. The summed E-state index contributed by atoms with van der Waals surface area (Å²) in [5, 5.41) is 3.08. The molecule has 0 saturated heterocycles. The number of halogens is 3. The second-order valence-corrected chi connectivity index (χ2v) is 3.31. The van der Waals surface area contributed by atoms with Gasteiger partial charge in [0, 0.05) is 12.1 Å². The van der Waals surface area contributed by atoms with Crippen molar-refractivity contribution in [1.82, 2.24) is 5.32 Å². The van der Waals surface area contributed by atoms with Crippen molar-refractivity contribution in [3.8, 4) is 0 Å². The molecule has 0 aliphatic rings. The molecule has 0 unspecified atom stereocenters. The summed E-state index contributed by atoms with van der Waals surface area (Å²) < 4.78 is 44.8. The highest BCUT2D eigenvalue weighted by Gasteiger charge is 2.27. The van der Waals surface area contributed by atoms with Crippen molar-refractivity contribution in [1.29, 1.82) is 0 Å². The second-order valence-electron chi connectivity index (χ2n) is 3.31. The lowest BCUT2D eigenvalue weighted by atomic mass is 10.3. The molecule has 0 radical (unpaired) electrons. The molecule has 0 aromatic carbocycles. The Labute approximate surface area is 91.6 Å². The van der Waals surface area contributed by atoms with Crippen LogP contribution in [0.15, 0.2) is 16.7 Å². The van der Waals surface area contributed by atoms with Gasteiger partial charge in [-0.25, -0.2) is 0 Å². The minimum Gasteiger partial charge on any atom is -0.467 e. The molecule has 0 spiro atoms. The van der Waals surface area contributed by atoms with E-state index in [1.165, 1.54) is 6.26 Å². The van der Waals surface area contributed by atoms with Crippen molar-refractivity contribution in [3.63, 3.8) is 0 Å². The Morgan fingerprint density at radius 2 is 2.19 bits per heavy atom. The maximum Gasteiger partial charge on any atom is 0.411 e. The zero-order valence-corrected chi connectivity index (χ0v) is 8.93. The van der Waals surface area contributed by atoms with Crippen LogP contribution in [0.4, 0.5) is 13.2 Å². The summed E-state index contributed by atoms with van der Waals surface area (Å²) in [4.78, 5) is 0. The standard InChI is InChI=1S/C10H14F3NO2/c1-2-14-4-8-3-9(16-5-8)6-15-7-10(11,12)13/h3,5,14H,2,4,6-7H2,1H3. The molecule has 1 heterocycles. The van der Waals surface area contributed by atoms with E-state index >= 15 is 0 Å². The first-order valence-electron chi connectivity index (χ1n) is 4.93. The van der Waals surface area contributed by atoms with Crippen LogP contribution in [0.1, 0.15) is 18.2 Å². The van der Waals surface area contributed by atoms with Gasteiger partial charge in [0.2, 0.25) is 0 Å². The lowest BCUT2D eigenvalue weighted by Gasteiger charge is -2.05. The Bertz CT molecular complexity index is 309. The van der Waals surface area contributed by atoms with Crippen LogP contribution in [0.3, 0.4) is 0 Å². The molecule has 1 rings (SSSR count). The fourth-order valence-electron chi connectivity index (χ4n) is 1.13. The first kappa shape index (κ1) is 13.1. The van der Waals surface area contributed by atoms with Gasteiger partial charge in [0.05, 0.1) is 6.26 Å². The van der Waals surface area contributed by atoms with Gasteiger partial charge in [-0.3, -0.25) is 0 Å². The monoisotopic (exact) mass is 237 g/mol. The Morgan fingerprint density at radius 3 is 2.81 bits per heavy atom. The summed E-state index contributed by atoms with van der Waals surface area (Å²) >= 11 is 0. The minimum absolute atomic E-state index is 0.161. The van der Waals surface area contributed by atoms with E-state index in [2.05, 4.69) is 10.1 Å². The van der Waals surface area contributed by atoms with Crippen molar-refractivity contribution >= 4 is 0 Å². The Hall–Kier alpha value is -1.01. The predicted octanol–water partition coefficient (Wildman–Crippen LogP) is 2.47. The van der Waals surface area contributed by atoms with Crippen LogP contribution in [0.25, 0.3) is 0 Å². The van der Waals surface area contributed by atoms with E-state index in [1.54, 1.807) is 6.07 Å². The molecule has 0 aliphatic carbocycles. The van der Waals surface area contributed by atoms with Crippen molar-refractivity contribution < 1.29 is 22.3 Å². The lowest BCUT2D eigenvalue weighted by molar-refractivity contribution is -0.177. The number of furan rings is 1. The molecule has 3 nitrogen and oxygen atoms in total. The highest BCUT2D eigenvalue weighted by Crippen LogP contribution is 2.16. The van der Waals surface area contributed by atoms with Crippen LogP contribution in [0, 0.1) is 0 Å². The van der Waals surface area contributed by atoms with E-state index in [9.17, 15) is 13.2 Å². The normalized spacial score (nSPS) is 12.0. The van der Waals surface area contributed by atoms with Crippen molar-refractivity contribution in [2.75, 3.05) is 13.2 Å². The number of rotatable bonds is 6. The average Bonchev–Trinajstić information content (AvgIpc) is 2.61. The van der Waals surface area contributed by atoms with Gasteiger partial charge >= 0.3 is 6.18 Å². The summed E-state index contributed by atoms with van der Waals surface area (Å²) in [6.07, 6.45) is -2.78. The Balaban J connectivity index is 2.29. The molecule has 1 N–H and O–H groups in total.